The predicted octanol–water partition coefficient (Wildman–Crippen LogP) is 3.34. The van der Waals surface area contributed by atoms with Gasteiger partial charge in [-0.05, 0) is 106 Å². The van der Waals surface area contributed by atoms with Gasteiger partial charge < -0.3 is 65.4 Å². The third kappa shape index (κ3) is 23.9. The van der Waals surface area contributed by atoms with Crippen LogP contribution in [0.2, 0.25) is 0 Å². The highest BCUT2D eigenvalue weighted by Crippen LogP contribution is 2.26. The fourth-order valence-corrected chi connectivity index (χ4v) is 11.4. The molecule has 0 bridgehead atoms. The predicted molar refractivity (Wildman–Crippen MR) is 347 cm³/mol. The van der Waals surface area contributed by atoms with Crippen molar-refractivity contribution in [3.05, 3.63) is 0 Å². The maximum atomic E-state index is 15.3. The Morgan fingerprint density at radius 2 is 0.944 bits per heavy atom. The molecule has 0 aromatic carbocycles. The first-order chi connectivity index (χ1) is 41.6. The summed E-state index contributed by atoms with van der Waals surface area (Å²) in [6.45, 7) is 27.2. The van der Waals surface area contributed by atoms with Crippen molar-refractivity contribution in [2.45, 2.75) is 229 Å². The summed E-state index contributed by atoms with van der Waals surface area (Å²) in [6.07, 6.45) is 1.14. The lowest BCUT2D eigenvalue weighted by Crippen LogP contribution is -2.63. The second kappa shape index (κ2) is 38.1. The summed E-state index contributed by atoms with van der Waals surface area (Å²) in [7, 11) is 9.78. The van der Waals surface area contributed by atoms with E-state index in [-0.39, 0.29) is 81.0 Å². The van der Waals surface area contributed by atoms with E-state index in [9.17, 15) is 48.3 Å². The maximum absolute atomic E-state index is 15.3. The molecule has 1 rings (SSSR count). The van der Waals surface area contributed by atoms with Gasteiger partial charge in [-0.15, -0.1) is 11.8 Å². The fraction of sp³-hybridized carbons (Fsp3) is 0.812. The van der Waals surface area contributed by atoms with E-state index in [0.717, 1.165) is 9.80 Å². The highest BCUT2D eigenvalue weighted by atomic mass is 32.2. The summed E-state index contributed by atoms with van der Waals surface area (Å²) >= 11 is 1.32. The van der Waals surface area contributed by atoms with Gasteiger partial charge in [0, 0.05) is 55.8 Å². The lowest BCUT2D eigenvalue weighted by atomic mass is 9.90. The van der Waals surface area contributed by atoms with Gasteiger partial charge in [-0.25, -0.2) is 0 Å². The van der Waals surface area contributed by atoms with Gasteiger partial charge in [-0.3, -0.25) is 57.5 Å². The van der Waals surface area contributed by atoms with Crippen LogP contribution >= 0.6 is 11.8 Å². The molecule has 90 heavy (non-hydrogen) atoms. The van der Waals surface area contributed by atoms with Crippen LogP contribution < -0.4 is 21.3 Å². The first kappa shape index (κ1) is 82.0. The van der Waals surface area contributed by atoms with E-state index in [1.165, 1.54) is 99.4 Å². The quantitative estimate of drug-likeness (QED) is 0.0915. The van der Waals surface area contributed by atoms with E-state index >= 15 is 14.4 Å². The van der Waals surface area contributed by atoms with E-state index in [0.29, 0.717) is 0 Å². The average Bonchev–Trinajstić information content (AvgIpc) is 1.04. The minimum absolute atomic E-state index is 0.00683. The summed E-state index contributed by atoms with van der Waals surface area (Å²) in [6, 6.07) is -12.7. The van der Waals surface area contributed by atoms with E-state index < -0.39 is 162 Å². The number of carbonyl (C=O) groups is 12. The zero-order chi connectivity index (χ0) is 69.7. The summed E-state index contributed by atoms with van der Waals surface area (Å²) in [5, 5.41) is 23.2. The van der Waals surface area contributed by atoms with Crippen molar-refractivity contribution < 1.29 is 67.4 Å². The molecule has 25 nitrogen and oxygen atoms in total. The SMILES string of the molecule is CC[C@@H]1NC(=O)[C@H]([C@H](O)[C@H](C)CCCC(=O)OCSC)N(C)C(=O)[C@H](C(C)C)N(C)C(=O)[C@@H](CC(C)C)N(C)C(=O)[C@H](CC(C)C)N(C)C(=O)[C@@H](C)NC(=O)[C@H](C)NC(=O)[C@@H](CC(C)C)N(C)C(=O)[C@H](C(C)C)NC(=O)[C@H](CC(C)C)N(C)C(=O)CN(C)C1=O. The molecule has 0 radical (unpaired) electrons. The van der Waals surface area contributed by atoms with Crippen molar-refractivity contribution in [1.29, 1.82) is 0 Å². The largest absolute Gasteiger partial charge is 0.455 e. The van der Waals surface area contributed by atoms with Crippen LogP contribution in [0.15, 0.2) is 0 Å². The summed E-state index contributed by atoms with van der Waals surface area (Å²) in [5.74, 6) is -10.6. The number of amides is 11. The van der Waals surface area contributed by atoms with Crippen molar-refractivity contribution in [3.8, 4) is 0 Å². The Morgan fingerprint density at radius 3 is 1.41 bits per heavy atom. The summed E-state index contributed by atoms with van der Waals surface area (Å²) < 4.78 is 5.21. The number of aliphatic hydroxyl groups excluding tert-OH is 1. The fourth-order valence-electron chi connectivity index (χ4n) is 11.1. The van der Waals surface area contributed by atoms with Crippen molar-refractivity contribution in [2.75, 3.05) is 68.1 Å². The number of likely N-dealkylation sites (N-methyl/N-ethyl adjacent to an activating group) is 7. The van der Waals surface area contributed by atoms with Crippen molar-refractivity contribution >= 4 is 82.7 Å². The number of aliphatic hydroxyl groups is 1. The number of rotatable bonds is 19. The zero-order valence-electron chi connectivity index (χ0n) is 58.8. The van der Waals surface area contributed by atoms with Gasteiger partial charge in [-0.2, -0.15) is 0 Å². The van der Waals surface area contributed by atoms with E-state index in [1.54, 1.807) is 47.8 Å². The molecule has 0 aromatic rings. The van der Waals surface area contributed by atoms with E-state index in [4.69, 9.17) is 4.74 Å². The Morgan fingerprint density at radius 1 is 0.511 bits per heavy atom. The average molecular weight is 1290 g/mol. The van der Waals surface area contributed by atoms with Crippen molar-refractivity contribution in [3.63, 3.8) is 0 Å². The molecule has 26 heteroatoms. The van der Waals surface area contributed by atoms with Crippen LogP contribution in [0, 0.1) is 41.4 Å². The lowest BCUT2D eigenvalue weighted by molar-refractivity contribution is -0.157. The third-order valence-electron chi connectivity index (χ3n) is 16.7. The van der Waals surface area contributed by atoms with E-state index in [2.05, 4.69) is 21.3 Å². The van der Waals surface area contributed by atoms with Crippen LogP contribution in [-0.4, -0.2) is 245 Å². The van der Waals surface area contributed by atoms with Crippen LogP contribution in [0.5, 0.6) is 0 Å². The molecule has 1 saturated heterocycles. The Balaban J connectivity index is 4.34. The van der Waals surface area contributed by atoms with Gasteiger partial charge in [0.15, 0.2) is 0 Å². The Kier molecular flexibility index (Phi) is 34.7. The molecular formula is C64H115N11O14S. The number of thioether (sulfide) groups is 1. The second-order valence-electron chi connectivity index (χ2n) is 27.1. The van der Waals surface area contributed by atoms with Crippen LogP contribution in [0.3, 0.4) is 0 Å². The lowest BCUT2D eigenvalue weighted by Gasteiger charge is -2.41. The molecule has 0 aromatic heterocycles. The minimum Gasteiger partial charge on any atom is -0.455 e. The number of hydrogen-bond acceptors (Lipinski definition) is 15. The maximum Gasteiger partial charge on any atom is 0.306 e. The molecule has 1 aliphatic heterocycles. The smallest absolute Gasteiger partial charge is 0.306 e. The van der Waals surface area contributed by atoms with Crippen LogP contribution in [0.4, 0.5) is 0 Å². The van der Waals surface area contributed by atoms with Crippen LogP contribution in [-0.2, 0) is 62.3 Å². The number of ether oxygens (including phenoxy) is 1. The topological polar surface area (TPSA) is 305 Å². The van der Waals surface area contributed by atoms with Crippen molar-refractivity contribution in [2.24, 2.45) is 41.4 Å². The van der Waals surface area contributed by atoms with Crippen molar-refractivity contribution in [1.82, 2.24) is 55.6 Å². The molecule has 0 spiro atoms. The Bertz CT molecular complexity index is 2440. The molecule has 5 N–H and O–H groups in total. The Labute approximate surface area is 541 Å². The highest BCUT2D eigenvalue weighted by Gasteiger charge is 2.46. The molecule has 1 fully saturated rings. The number of carbonyl (C=O) groups excluding carboxylic acids is 12. The van der Waals surface area contributed by atoms with Gasteiger partial charge >= 0.3 is 5.97 Å². The van der Waals surface area contributed by atoms with Crippen LogP contribution in [0.1, 0.15) is 162 Å². The monoisotopic (exact) mass is 1290 g/mol. The molecular weight excluding hydrogens is 1180 g/mol. The molecule has 0 aliphatic carbocycles. The summed E-state index contributed by atoms with van der Waals surface area (Å²) in [5.41, 5.74) is 0. The number of esters is 1. The molecule has 0 saturated carbocycles. The normalized spacial score (nSPS) is 25.9. The zero-order valence-corrected chi connectivity index (χ0v) is 59.6. The second-order valence-corrected chi connectivity index (χ2v) is 27.9. The molecule has 11 amide bonds. The number of nitrogens with zero attached hydrogens (tertiary/aromatic N) is 7. The van der Waals surface area contributed by atoms with Crippen LogP contribution in [0.25, 0.3) is 0 Å². The third-order valence-corrected chi connectivity index (χ3v) is 17.1. The van der Waals surface area contributed by atoms with Gasteiger partial charge in [0.05, 0.1) is 12.6 Å². The van der Waals surface area contributed by atoms with E-state index in [1.807, 2.05) is 55.4 Å². The molecule has 516 valence electrons. The molecule has 12 atom stereocenters. The molecule has 1 heterocycles. The molecule has 1 aliphatic rings. The number of nitrogens with one attached hydrogen (secondary N) is 4. The van der Waals surface area contributed by atoms with Gasteiger partial charge in [0.2, 0.25) is 65.0 Å². The summed E-state index contributed by atoms with van der Waals surface area (Å²) in [4.78, 5) is 182. The minimum atomic E-state index is -1.70. The first-order valence-electron chi connectivity index (χ1n) is 32.0. The van der Waals surface area contributed by atoms with Gasteiger partial charge in [-0.1, -0.05) is 96.9 Å². The number of hydrogen-bond donors (Lipinski definition) is 5. The van der Waals surface area contributed by atoms with Gasteiger partial charge in [0.1, 0.15) is 66.4 Å². The standard InChI is InChI=1S/C64H115N11O14S/c1-25-44-60(84)69(17)33-49(76)70(18)45(29-35(2)3)57(81)68-51(39(10)11)63(87)71(19)46(30-36(4)5)56(80)65-42(15)55(79)66-43(16)59(83)72(20)47(31-37(6)7)61(85)73(21)48(32-38(8)9)62(86)74(22)52(40(12)13)64(88)75(23)53(58(82)67-44)54(78)41(14)27-26-28-50(77)89-34-90-24/h35-48,51-54,78H,25-34H2,1-24H3,(H,65,80)(H,66,79)(H,67,82)(H,68,81)/t41-,42+,43-,44+,45+,46-,47+,48-,51+,52+,53+,54-/m1/s1. The Hall–Kier alpha value is -6.05. The highest BCUT2D eigenvalue weighted by molar-refractivity contribution is 7.98. The first-order valence-corrected chi connectivity index (χ1v) is 33.4. The molecule has 0 unspecified atom stereocenters. The van der Waals surface area contributed by atoms with Gasteiger partial charge in [0.25, 0.3) is 0 Å².